The van der Waals surface area contributed by atoms with Crippen LogP contribution >= 0.6 is 0 Å². The van der Waals surface area contributed by atoms with Gasteiger partial charge < -0.3 is 9.15 Å². The maximum absolute atomic E-state index is 11.6. The second-order valence-corrected chi connectivity index (χ2v) is 4.05. The maximum Gasteiger partial charge on any atom is 0.311 e. The number of hydrogen-bond acceptors (Lipinski definition) is 3. The standard InChI is InChI=1S/C15H16O3/c1-2-12-5-7-14(8-6-12)18-15(16)10-9-13-4-3-11-17-13/h3-8,11H,2,9-10H2,1H3. The van der Waals surface area contributed by atoms with E-state index >= 15 is 0 Å². The summed E-state index contributed by atoms with van der Waals surface area (Å²) in [5.74, 6) is 1.15. The van der Waals surface area contributed by atoms with Gasteiger partial charge in [-0.3, -0.25) is 4.79 Å². The average molecular weight is 244 g/mol. The molecule has 0 unspecified atom stereocenters. The van der Waals surface area contributed by atoms with Crippen molar-refractivity contribution in [1.82, 2.24) is 0 Å². The van der Waals surface area contributed by atoms with Crippen LogP contribution in [0.3, 0.4) is 0 Å². The van der Waals surface area contributed by atoms with E-state index in [1.807, 2.05) is 36.4 Å². The molecule has 1 aromatic carbocycles. The lowest BCUT2D eigenvalue weighted by molar-refractivity contribution is -0.134. The molecule has 0 fully saturated rings. The molecule has 0 aliphatic carbocycles. The Bertz CT molecular complexity index is 483. The summed E-state index contributed by atoms with van der Waals surface area (Å²) in [5, 5.41) is 0. The Morgan fingerprint density at radius 2 is 2.00 bits per heavy atom. The fourth-order valence-corrected chi connectivity index (χ4v) is 1.66. The molecule has 0 atom stereocenters. The highest BCUT2D eigenvalue weighted by molar-refractivity contribution is 5.72. The summed E-state index contributed by atoms with van der Waals surface area (Å²) in [5.41, 5.74) is 1.23. The van der Waals surface area contributed by atoms with E-state index in [-0.39, 0.29) is 5.97 Å². The van der Waals surface area contributed by atoms with Crippen LogP contribution < -0.4 is 4.74 Å². The Morgan fingerprint density at radius 3 is 2.61 bits per heavy atom. The molecule has 0 spiro atoms. The molecule has 0 saturated heterocycles. The van der Waals surface area contributed by atoms with Crippen LogP contribution in [-0.2, 0) is 17.6 Å². The van der Waals surface area contributed by atoms with Gasteiger partial charge in [-0.05, 0) is 36.2 Å². The topological polar surface area (TPSA) is 39.4 Å². The van der Waals surface area contributed by atoms with Gasteiger partial charge in [0.05, 0.1) is 12.7 Å². The highest BCUT2D eigenvalue weighted by Crippen LogP contribution is 2.14. The Kier molecular flexibility index (Phi) is 4.18. The molecule has 18 heavy (non-hydrogen) atoms. The zero-order valence-corrected chi connectivity index (χ0v) is 10.4. The molecule has 0 N–H and O–H groups in total. The first-order valence-corrected chi connectivity index (χ1v) is 6.10. The summed E-state index contributed by atoms with van der Waals surface area (Å²) >= 11 is 0. The molecule has 0 bridgehead atoms. The lowest BCUT2D eigenvalue weighted by Crippen LogP contribution is -2.08. The number of carbonyl (C=O) groups is 1. The van der Waals surface area contributed by atoms with E-state index < -0.39 is 0 Å². The van der Waals surface area contributed by atoms with Crippen LogP contribution in [0.1, 0.15) is 24.7 Å². The van der Waals surface area contributed by atoms with E-state index in [0.29, 0.717) is 18.6 Å². The van der Waals surface area contributed by atoms with Gasteiger partial charge in [-0.15, -0.1) is 0 Å². The van der Waals surface area contributed by atoms with Gasteiger partial charge in [0, 0.05) is 6.42 Å². The molecule has 0 aliphatic heterocycles. The van der Waals surface area contributed by atoms with Crippen molar-refractivity contribution in [3.8, 4) is 5.75 Å². The lowest BCUT2D eigenvalue weighted by Gasteiger charge is -2.04. The third kappa shape index (κ3) is 3.48. The van der Waals surface area contributed by atoms with Crippen molar-refractivity contribution in [2.45, 2.75) is 26.2 Å². The minimum atomic E-state index is -0.240. The summed E-state index contributed by atoms with van der Waals surface area (Å²) < 4.78 is 10.4. The number of benzene rings is 1. The quantitative estimate of drug-likeness (QED) is 0.598. The number of rotatable bonds is 5. The molecule has 0 saturated carbocycles. The predicted molar refractivity (Wildman–Crippen MR) is 68.5 cm³/mol. The first kappa shape index (κ1) is 12.4. The van der Waals surface area contributed by atoms with Gasteiger partial charge in [0.1, 0.15) is 11.5 Å². The van der Waals surface area contributed by atoms with Crippen LogP contribution in [0.25, 0.3) is 0 Å². The largest absolute Gasteiger partial charge is 0.469 e. The van der Waals surface area contributed by atoms with Crippen molar-refractivity contribution in [2.24, 2.45) is 0 Å². The van der Waals surface area contributed by atoms with E-state index in [1.165, 1.54) is 5.56 Å². The maximum atomic E-state index is 11.6. The monoisotopic (exact) mass is 244 g/mol. The highest BCUT2D eigenvalue weighted by Gasteiger charge is 2.06. The van der Waals surface area contributed by atoms with Gasteiger partial charge in [-0.2, -0.15) is 0 Å². The molecule has 0 amide bonds. The molecule has 2 rings (SSSR count). The number of carbonyl (C=O) groups excluding carboxylic acids is 1. The average Bonchev–Trinajstić information content (AvgIpc) is 2.90. The summed E-state index contributed by atoms with van der Waals surface area (Å²) in [4.78, 5) is 11.6. The molecule has 0 radical (unpaired) electrons. The summed E-state index contributed by atoms with van der Waals surface area (Å²) in [6, 6.07) is 11.2. The number of furan rings is 1. The third-order valence-corrected chi connectivity index (χ3v) is 2.72. The van der Waals surface area contributed by atoms with Crippen molar-refractivity contribution in [3.63, 3.8) is 0 Å². The Balaban J connectivity index is 1.83. The number of ether oxygens (including phenoxy) is 1. The number of aryl methyl sites for hydroxylation is 2. The molecule has 0 aliphatic rings. The predicted octanol–water partition coefficient (Wildman–Crippen LogP) is 3.38. The summed E-state index contributed by atoms with van der Waals surface area (Å²) in [6.45, 7) is 2.09. The second-order valence-electron chi connectivity index (χ2n) is 4.05. The molecule has 94 valence electrons. The van der Waals surface area contributed by atoms with E-state index in [1.54, 1.807) is 6.26 Å². The molecule has 2 aromatic rings. The molecular formula is C15H16O3. The molecule has 1 aromatic heterocycles. The molecule has 1 heterocycles. The van der Waals surface area contributed by atoms with Crippen LogP contribution in [0.15, 0.2) is 47.1 Å². The highest BCUT2D eigenvalue weighted by atomic mass is 16.5. The SMILES string of the molecule is CCc1ccc(OC(=O)CCc2ccco2)cc1. The second kappa shape index (κ2) is 6.05. The zero-order valence-electron chi connectivity index (χ0n) is 10.4. The molecule has 3 heteroatoms. The minimum absolute atomic E-state index is 0.240. The van der Waals surface area contributed by atoms with Crippen LogP contribution in [-0.4, -0.2) is 5.97 Å². The van der Waals surface area contributed by atoms with Crippen LogP contribution in [0, 0.1) is 0 Å². The van der Waals surface area contributed by atoms with Crippen molar-refractivity contribution >= 4 is 5.97 Å². The van der Waals surface area contributed by atoms with Gasteiger partial charge >= 0.3 is 5.97 Å². The van der Waals surface area contributed by atoms with Crippen molar-refractivity contribution in [2.75, 3.05) is 0 Å². The lowest BCUT2D eigenvalue weighted by atomic mass is 10.2. The normalized spacial score (nSPS) is 10.3. The number of esters is 1. The Hall–Kier alpha value is -2.03. The molecular weight excluding hydrogens is 228 g/mol. The van der Waals surface area contributed by atoms with Gasteiger partial charge in [-0.1, -0.05) is 19.1 Å². The van der Waals surface area contributed by atoms with Gasteiger partial charge in [0.15, 0.2) is 0 Å². The zero-order chi connectivity index (χ0) is 12.8. The minimum Gasteiger partial charge on any atom is -0.469 e. The Morgan fingerprint density at radius 1 is 1.22 bits per heavy atom. The van der Waals surface area contributed by atoms with Gasteiger partial charge in [0.2, 0.25) is 0 Å². The van der Waals surface area contributed by atoms with E-state index in [9.17, 15) is 4.79 Å². The molecule has 3 nitrogen and oxygen atoms in total. The first-order chi connectivity index (χ1) is 8.78. The smallest absolute Gasteiger partial charge is 0.311 e. The van der Waals surface area contributed by atoms with Crippen LogP contribution in [0.2, 0.25) is 0 Å². The number of hydrogen-bond donors (Lipinski definition) is 0. The van der Waals surface area contributed by atoms with Crippen molar-refractivity contribution in [3.05, 3.63) is 54.0 Å². The summed E-state index contributed by atoms with van der Waals surface area (Å²) in [7, 11) is 0. The van der Waals surface area contributed by atoms with E-state index in [0.717, 1.165) is 12.2 Å². The fraction of sp³-hybridized carbons (Fsp3) is 0.267. The fourth-order valence-electron chi connectivity index (χ4n) is 1.66. The summed E-state index contributed by atoms with van der Waals surface area (Å²) in [6.07, 6.45) is 3.47. The Labute approximate surface area is 106 Å². The van der Waals surface area contributed by atoms with Gasteiger partial charge in [-0.25, -0.2) is 0 Å². The van der Waals surface area contributed by atoms with Gasteiger partial charge in [0.25, 0.3) is 0 Å². The van der Waals surface area contributed by atoms with Crippen molar-refractivity contribution < 1.29 is 13.9 Å². The van der Waals surface area contributed by atoms with Crippen LogP contribution in [0.4, 0.5) is 0 Å². The van der Waals surface area contributed by atoms with Crippen LogP contribution in [0.5, 0.6) is 5.75 Å². The third-order valence-electron chi connectivity index (χ3n) is 2.72. The van der Waals surface area contributed by atoms with E-state index in [2.05, 4.69) is 6.92 Å². The van der Waals surface area contributed by atoms with Crippen molar-refractivity contribution in [1.29, 1.82) is 0 Å². The van der Waals surface area contributed by atoms with E-state index in [4.69, 9.17) is 9.15 Å². The first-order valence-electron chi connectivity index (χ1n) is 6.10.